The molecular weight excluding hydrogens is 447 g/mol. The number of hydrogen-bond acceptors (Lipinski definition) is 5. The number of pyridine rings is 1. The van der Waals surface area contributed by atoms with Gasteiger partial charge < -0.3 is 14.4 Å². The largest absolute Gasteiger partial charge is 0.444 e. The van der Waals surface area contributed by atoms with E-state index in [2.05, 4.69) is 4.98 Å². The van der Waals surface area contributed by atoms with E-state index in [1.807, 2.05) is 18.2 Å². The summed E-state index contributed by atoms with van der Waals surface area (Å²) in [6.45, 7) is 1.76. The third-order valence-electron chi connectivity index (χ3n) is 5.95. The maximum atomic E-state index is 13.6. The molecule has 1 fully saturated rings. The van der Waals surface area contributed by atoms with Crippen LogP contribution in [-0.2, 0) is 14.3 Å². The minimum atomic E-state index is -1.09. The van der Waals surface area contributed by atoms with Gasteiger partial charge in [-0.05, 0) is 36.4 Å². The van der Waals surface area contributed by atoms with Crippen LogP contribution in [0, 0.1) is 5.82 Å². The molecule has 1 aliphatic heterocycles. The van der Waals surface area contributed by atoms with E-state index in [0.29, 0.717) is 54.0 Å². The van der Waals surface area contributed by atoms with Crippen LogP contribution in [0.1, 0.15) is 22.0 Å². The van der Waals surface area contributed by atoms with E-state index in [1.54, 1.807) is 59.5 Å². The lowest BCUT2D eigenvalue weighted by atomic mass is 10.0. The Balaban J connectivity index is 1.53. The molecule has 1 aromatic heterocycles. The second-order valence-corrected chi connectivity index (χ2v) is 8.21. The smallest absolute Gasteiger partial charge is 0.340 e. The quantitative estimate of drug-likeness (QED) is 0.392. The highest BCUT2D eigenvalue weighted by Crippen LogP contribution is 2.28. The highest BCUT2D eigenvalue weighted by atomic mass is 19.1. The number of morpholine rings is 1. The number of benzene rings is 3. The first-order valence-electron chi connectivity index (χ1n) is 11.4. The van der Waals surface area contributed by atoms with Crippen LogP contribution < -0.4 is 0 Å². The molecule has 1 atom stereocenters. The van der Waals surface area contributed by atoms with Crippen LogP contribution in [0.2, 0.25) is 0 Å². The van der Waals surface area contributed by atoms with E-state index in [-0.39, 0.29) is 17.3 Å². The van der Waals surface area contributed by atoms with Crippen molar-refractivity contribution in [3.63, 3.8) is 0 Å². The van der Waals surface area contributed by atoms with Crippen LogP contribution in [0.4, 0.5) is 4.39 Å². The topological polar surface area (TPSA) is 68.7 Å². The molecule has 2 heterocycles. The minimum Gasteiger partial charge on any atom is -0.444 e. The fraction of sp³-hybridized carbons (Fsp3) is 0.179. The Kier molecular flexibility index (Phi) is 6.50. The predicted molar refractivity (Wildman–Crippen MR) is 129 cm³/mol. The standard InChI is InChI=1S/C28H23FN2O4/c29-21-12-10-19(11-13-21)25-18-23(22-8-4-5-9-24(22)30-25)28(33)35-26(20-6-2-1-3-7-20)27(32)31-14-16-34-17-15-31/h1-13,18,26H,14-17H2/t26-/m1/s1. The van der Waals surface area contributed by atoms with E-state index in [4.69, 9.17) is 9.47 Å². The normalized spacial score (nSPS) is 14.5. The van der Waals surface area contributed by atoms with Gasteiger partial charge in [0.15, 0.2) is 0 Å². The summed E-state index contributed by atoms with van der Waals surface area (Å²) >= 11 is 0. The molecule has 0 N–H and O–H groups in total. The summed E-state index contributed by atoms with van der Waals surface area (Å²) in [6.07, 6.45) is -1.09. The van der Waals surface area contributed by atoms with Gasteiger partial charge in [0, 0.05) is 29.6 Å². The number of fused-ring (bicyclic) bond motifs is 1. The SMILES string of the molecule is O=C(O[C@@H](C(=O)N1CCOCC1)c1ccccc1)c1cc(-c2ccc(F)cc2)nc2ccccc12. The Morgan fingerprint density at radius 2 is 1.60 bits per heavy atom. The molecule has 1 amide bonds. The highest BCUT2D eigenvalue weighted by Gasteiger charge is 2.31. The summed E-state index contributed by atoms with van der Waals surface area (Å²) in [7, 11) is 0. The van der Waals surface area contributed by atoms with Crippen LogP contribution in [0.25, 0.3) is 22.2 Å². The van der Waals surface area contributed by atoms with Crippen molar-refractivity contribution >= 4 is 22.8 Å². The van der Waals surface area contributed by atoms with Gasteiger partial charge in [0.25, 0.3) is 5.91 Å². The molecule has 4 aromatic rings. The van der Waals surface area contributed by atoms with Gasteiger partial charge in [-0.3, -0.25) is 4.79 Å². The van der Waals surface area contributed by atoms with E-state index >= 15 is 0 Å². The molecule has 0 bridgehead atoms. The number of amides is 1. The Bertz CT molecular complexity index is 1350. The molecule has 176 valence electrons. The lowest BCUT2D eigenvalue weighted by Crippen LogP contribution is -2.44. The Morgan fingerprint density at radius 1 is 0.914 bits per heavy atom. The summed E-state index contributed by atoms with van der Waals surface area (Å²) in [5, 5.41) is 0.606. The number of halogens is 1. The zero-order valence-corrected chi connectivity index (χ0v) is 18.9. The summed E-state index contributed by atoms with van der Waals surface area (Å²) < 4.78 is 24.7. The maximum Gasteiger partial charge on any atom is 0.340 e. The van der Waals surface area contributed by atoms with Gasteiger partial charge in [0.1, 0.15) is 5.82 Å². The number of carbonyl (C=O) groups excluding carboxylic acids is 2. The maximum absolute atomic E-state index is 13.6. The molecule has 0 spiro atoms. The lowest BCUT2D eigenvalue weighted by molar-refractivity contribution is -0.145. The van der Waals surface area contributed by atoms with Gasteiger partial charge in [0.05, 0.1) is 30.0 Å². The zero-order chi connectivity index (χ0) is 24.2. The number of ether oxygens (including phenoxy) is 2. The first-order valence-corrected chi connectivity index (χ1v) is 11.4. The molecular formula is C28H23FN2O4. The second kappa shape index (κ2) is 10.0. The molecule has 0 aliphatic carbocycles. The minimum absolute atomic E-state index is 0.283. The Morgan fingerprint density at radius 3 is 2.34 bits per heavy atom. The fourth-order valence-corrected chi connectivity index (χ4v) is 4.12. The Hall–Kier alpha value is -4.10. The molecule has 0 unspecified atom stereocenters. The number of esters is 1. The summed E-state index contributed by atoms with van der Waals surface area (Å²) in [5.74, 6) is -1.28. The van der Waals surface area contributed by atoms with Crippen LogP contribution in [-0.4, -0.2) is 48.1 Å². The average molecular weight is 471 g/mol. The van der Waals surface area contributed by atoms with Gasteiger partial charge in [-0.1, -0.05) is 48.5 Å². The van der Waals surface area contributed by atoms with Crippen LogP contribution >= 0.6 is 0 Å². The van der Waals surface area contributed by atoms with Gasteiger partial charge in [0.2, 0.25) is 6.10 Å². The van der Waals surface area contributed by atoms with E-state index in [1.165, 1.54) is 12.1 Å². The van der Waals surface area contributed by atoms with Crippen molar-refractivity contribution in [3.8, 4) is 11.3 Å². The lowest BCUT2D eigenvalue weighted by Gasteiger charge is -2.30. The monoisotopic (exact) mass is 470 g/mol. The van der Waals surface area contributed by atoms with Gasteiger partial charge in [-0.2, -0.15) is 0 Å². The van der Waals surface area contributed by atoms with Crippen molar-refractivity contribution in [3.05, 3.63) is 102 Å². The number of aromatic nitrogens is 1. The third kappa shape index (κ3) is 4.90. The summed E-state index contributed by atoms with van der Waals surface area (Å²) in [6, 6.07) is 23.7. The third-order valence-corrected chi connectivity index (χ3v) is 5.95. The van der Waals surface area contributed by atoms with Crippen molar-refractivity contribution in [1.82, 2.24) is 9.88 Å². The van der Waals surface area contributed by atoms with Crippen molar-refractivity contribution < 1.29 is 23.5 Å². The number of hydrogen-bond donors (Lipinski definition) is 0. The molecule has 1 saturated heterocycles. The number of rotatable bonds is 5. The van der Waals surface area contributed by atoms with Crippen LogP contribution in [0.5, 0.6) is 0 Å². The predicted octanol–water partition coefficient (Wildman–Crippen LogP) is 4.80. The zero-order valence-electron chi connectivity index (χ0n) is 18.9. The van der Waals surface area contributed by atoms with Crippen LogP contribution in [0.3, 0.4) is 0 Å². The molecule has 6 nitrogen and oxygen atoms in total. The van der Waals surface area contributed by atoms with Gasteiger partial charge in [-0.15, -0.1) is 0 Å². The number of para-hydroxylation sites is 1. The Labute approximate surface area is 201 Å². The highest BCUT2D eigenvalue weighted by molar-refractivity contribution is 6.05. The van der Waals surface area contributed by atoms with E-state index in [9.17, 15) is 14.0 Å². The second-order valence-electron chi connectivity index (χ2n) is 8.21. The molecule has 0 radical (unpaired) electrons. The molecule has 1 aliphatic rings. The summed E-state index contributed by atoms with van der Waals surface area (Å²) in [4.78, 5) is 33.3. The number of carbonyl (C=O) groups is 2. The summed E-state index contributed by atoms with van der Waals surface area (Å²) in [5.41, 5.74) is 2.64. The van der Waals surface area contributed by atoms with E-state index in [0.717, 1.165) is 0 Å². The average Bonchev–Trinajstić information content (AvgIpc) is 2.92. The molecule has 5 rings (SSSR count). The van der Waals surface area contributed by atoms with E-state index < -0.39 is 12.1 Å². The molecule has 0 saturated carbocycles. The molecule has 3 aromatic carbocycles. The fourth-order valence-electron chi connectivity index (χ4n) is 4.12. The number of nitrogens with zero attached hydrogens (tertiary/aromatic N) is 2. The van der Waals surface area contributed by atoms with Crippen molar-refractivity contribution in [2.24, 2.45) is 0 Å². The first kappa shape index (κ1) is 22.7. The van der Waals surface area contributed by atoms with Crippen molar-refractivity contribution in [2.45, 2.75) is 6.10 Å². The van der Waals surface area contributed by atoms with Crippen LogP contribution in [0.15, 0.2) is 84.9 Å². The van der Waals surface area contributed by atoms with Crippen molar-refractivity contribution in [1.29, 1.82) is 0 Å². The molecule has 7 heteroatoms. The first-order chi connectivity index (χ1) is 17.1. The van der Waals surface area contributed by atoms with Gasteiger partial charge >= 0.3 is 5.97 Å². The van der Waals surface area contributed by atoms with Gasteiger partial charge in [-0.25, -0.2) is 14.2 Å². The van der Waals surface area contributed by atoms with Crippen molar-refractivity contribution in [2.75, 3.05) is 26.3 Å². The molecule has 35 heavy (non-hydrogen) atoms.